The third kappa shape index (κ3) is 4.45. The van der Waals surface area contributed by atoms with Crippen LogP contribution in [0.3, 0.4) is 0 Å². The Morgan fingerprint density at radius 2 is 1.83 bits per heavy atom. The highest BCUT2D eigenvalue weighted by Crippen LogP contribution is 2.02. The van der Waals surface area contributed by atoms with Crippen LogP contribution in [0.4, 0.5) is 4.79 Å². The first-order chi connectivity index (χ1) is 8.50. The van der Waals surface area contributed by atoms with Crippen molar-refractivity contribution in [1.29, 1.82) is 0 Å². The molecule has 0 unspecified atom stereocenters. The quantitative estimate of drug-likeness (QED) is 0.742. The van der Waals surface area contributed by atoms with E-state index in [1.807, 2.05) is 30.3 Å². The van der Waals surface area contributed by atoms with Gasteiger partial charge in [0.05, 0.1) is 0 Å². The molecule has 18 heavy (non-hydrogen) atoms. The number of aliphatic carboxylic acids is 1. The van der Waals surface area contributed by atoms with Crippen molar-refractivity contribution in [3.63, 3.8) is 0 Å². The van der Waals surface area contributed by atoms with Crippen molar-refractivity contribution in [2.45, 2.75) is 26.4 Å². The SMILES string of the molecule is CC(C)[C@H](NC(=O)NCc1ccccc1)C(=O)O. The molecule has 0 radical (unpaired) electrons. The predicted octanol–water partition coefficient (Wildman–Crippen LogP) is 1.60. The second kappa shape index (κ2) is 6.64. The number of carboxylic acids is 1. The van der Waals surface area contributed by atoms with Gasteiger partial charge in [0.15, 0.2) is 0 Å². The van der Waals surface area contributed by atoms with Gasteiger partial charge in [-0.1, -0.05) is 44.2 Å². The highest BCUT2D eigenvalue weighted by atomic mass is 16.4. The van der Waals surface area contributed by atoms with Crippen molar-refractivity contribution in [2.75, 3.05) is 0 Å². The van der Waals surface area contributed by atoms with E-state index >= 15 is 0 Å². The maximum atomic E-state index is 11.6. The van der Waals surface area contributed by atoms with Gasteiger partial charge in [0.1, 0.15) is 6.04 Å². The van der Waals surface area contributed by atoms with E-state index in [-0.39, 0.29) is 5.92 Å². The van der Waals surface area contributed by atoms with Gasteiger partial charge in [0.25, 0.3) is 0 Å². The molecular weight excluding hydrogens is 232 g/mol. The third-order valence-electron chi connectivity index (χ3n) is 2.52. The summed E-state index contributed by atoms with van der Waals surface area (Å²) in [6.07, 6.45) is 0. The van der Waals surface area contributed by atoms with E-state index in [0.29, 0.717) is 6.54 Å². The molecule has 1 aromatic rings. The molecule has 0 aliphatic heterocycles. The lowest BCUT2D eigenvalue weighted by atomic mass is 10.1. The monoisotopic (exact) mass is 250 g/mol. The fraction of sp³-hybridized carbons (Fsp3) is 0.385. The van der Waals surface area contributed by atoms with Crippen LogP contribution in [0.15, 0.2) is 30.3 Å². The van der Waals surface area contributed by atoms with Crippen LogP contribution in [0.2, 0.25) is 0 Å². The molecule has 98 valence electrons. The first kappa shape index (κ1) is 14.0. The fourth-order valence-electron chi connectivity index (χ4n) is 1.48. The number of rotatable bonds is 5. The highest BCUT2D eigenvalue weighted by molar-refractivity contribution is 5.82. The summed E-state index contributed by atoms with van der Waals surface area (Å²) in [5.74, 6) is -1.19. The van der Waals surface area contributed by atoms with Crippen molar-refractivity contribution in [3.8, 4) is 0 Å². The minimum Gasteiger partial charge on any atom is -0.480 e. The topological polar surface area (TPSA) is 78.4 Å². The summed E-state index contributed by atoms with van der Waals surface area (Å²) in [6.45, 7) is 3.86. The summed E-state index contributed by atoms with van der Waals surface area (Å²) in [6, 6.07) is 8.07. The van der Waals surface area contributed by atoms with Crippen molar-refractivity contribution in [3.05, 3.63) is 35.9 Å². The fourth-order valence-corrected chi connectivity index (χ4v) is 1.48. The van der Waals surface area contributed by atoms with Crippen molar-refractivity contribution in [2.24, 2.45) is 5.92 Å². The lowest BCUT2D eigenvalue weighted by Gasteiger charge is -2.18. The van der Waals surface area contributed by atoms with Gasteiger partial charge < -0.3 is 15.7 Å². The van der Waals surface area contributed by atoms with Gasteiger partial charge in [-0.05, 0) is 11.5 Å². The Balaban J connectivity index is 2.44. The van der Waals surface area contributed by atoms with Crippen LogP contribution in [0.1, 0.15) is 19.4 Å². The van der Waals surface area contributed by atoms with Gasteiger partial charge in [-0.3, -0.25) is 0 Å². The maximum Gasteiger partial charge on any atom is 0.326 e. The molecule has 5 heteroatoms. The van der Waals surface area contributed by atoms with E-state index in [1.165, 1.54) is 0 Å². The van der Waals surface area contributed by atoms with Crippen molar-refractivity contribution in [1.82, 2.24) is 10.6 Å². The molecule has 0 heterocycles. The van der Waals surface area contributed by atoms with E-state index in [4.69, 9.17) is 5.11 Å². The summed E-state index contributed by atoms with van der Waals surface area (Å²) >= 11 is 0. The van der Waals surface area contributed by atoms with Crippen LogP contribution in [-0.2, 0) is 11.3 Å². The number of urea groups is 1. The van der Waals surface area contributed by atoms with Crippen molar-refractivity contribution >= 4 is 12.0 Å². The van der Waals surface area contributed by atoms with E-state index in [1.54, 1.807) is 13.8 Å². The lowest BCUT2D eigenvalue weighted by Crippen LogP contribution is -2.48. The number of amides is 2. The van der Waals surface area contributed by atoms with E-state index in [2.05, 4.69) is 10.6 Å². The van der Waals surface area contributed by atoms with Crippen molar-refractivity contribution < 1.29 is 14.7 Å². The zero-order valence-electron chi connectivity index (χ0n) is 10.5. The number of nitrogens with one attached hydrogen (secondary N) is 2. The second-order valence-electron chi connectivity index (χ2n) is 4.37. The molecule has 0 bridgehead atoms. The number of carbonyl (C=O) groups excluding carboxylic acids is 1. The van der Waals surface area contributed by atoms with Crippen LogP contribution in [0, 0.1) is 5.92 Å². The first-order valence-corrected chi connectivity index (χ1v) is 5.82. The smallest absolute Gasteiger partial charge is 0.326 e. The van der Waals surface area contributed by atoms with Gasteiger partial charge in [0, 0.05) is 6.54 Å². The van der Waals surface area contributed by atoms with Gasteiger partial charge in [-0.15, -0.1) is 0 Å². The molecule has 2 amide bonds. The van der Waals surface area contributed by atoms with Gasteiger partial charge in [-0.2, -0.15) is 0 Å². The normalized spacial score (nSPS) is 11.9. The Kier molecular flexibility index (Phi) is 5.17. The molecule has 0 aliphatic carbocycles. The Hall–Kier alpha value is -2.04. The minimum absolute atomic E-state index is 0.162. The molecule has 0 fully saturated rings. The lowest BCUT2D eigenvalue weighted by molar-refractivity contribution is -0.140. The van der Waals surface area contributed by atoms with Gasteiger partial charge in [0.2, 0.25) is 0 Å². The second-order valence-corrected chi connectivity index (χ2v) is 4.37. The predicted molar refractivity (Wildman–Crippen MR) is 68.1 cm³/mol. The molecular formula is C13H18N2O3. The molecule has 1 aromatic carbocycles. The Morgan fingerprint density at radius 3 is 2.33 bits per heavy atom. The number of benzene rings is 1. The molecule has 0 saturated heterocycles. The van der Waals surface area contributed by atoms with Crippen LogP contribution in [0.5, 0.6) is 0 Å². The first-order valence-electron chi connectivity index (χ1n) is 5.82. The molecule has 3 N–H and O–H groups in total. The zero-order valence-corrected chi connectivity index (χ0v) is 10.5. The molecule has 0 aromatic heterocycles. The largest absolute Gasteiger partial charge is 0.480 e. The number of hydrogen-bond donors (Lipinski definition) is 3. The molecule has 0 spiro atoms. The van der Waals surface area contributed by atoms with Gasteiger partial charge in [-0.25, -0.2) is 9.59 Å². The van der Waals surface area contributed by atoms with E-state index in [9.17, 15) is 9.59 Å². The number of carboxylic acid groups (broad SMARTS) is 1. The number of carbonyl (C=O) groups is 2. The standard InChI is InChI=1S/C13H18N2O3/c1-9(2)11(12(16)17)15-13(18)14-8-10-6-4-3-5-7-10/h3-7,9,11H,8H2,1-2H3,(H,16,17)(H2,14,15,18)/t11-/m0/s1. The molecule has 0 aliphatic rings. The van der Waals surface area contributed by atoms with Crippen LogP contribution >= 0.6 is 0 Å². The maximum absolute atomic E-state index is 11.6. The summed E-state index contributed by atoms with van der Waals surface area (Å²) in [4.78, 5) is 22.5. The Labute approximate surface area is 106 Å². The summed E-state index contributed by atoms with van der Waals surface area (Å²) in [5.41, 5.74) is 0.962. The summed E-state index contributed by atoms with van der Waals surface area (Å²) < 4.78 is 0. The average molecular weight is 250 g/mol. The van der Waals surface area contributed by atoms with Crippen LogP contribution in [0.25, 0.3) is 0 Å². The van der Waals surface area contributed by atoms with Crippen LogP contribution in [-0.4, -0.2) is 23.1 Å². The number of hydrogen-bond acceptors (Lipinski definition) is 2. The van der Waals surface area contributed by atoms with E-state index < -0.39 is 18.0 Å². The molecule has 1 rings (SSSR count). The molecule has 5 nitrogen and oxygen atoms in total. The third-order valence-corrected chi connectivity index (χ3v) is 2.52. The summed E-state index contributed by atoms with van der Waals surface area (Å²) in [5, 5.41) is 14.0. The van der Waals surface area contributed by atoms with E-state index in [0.717, 1.165) is 5.56 Å². The Morgan fingerprint density at radius 1 is 1.22 bits per heavy atom. The average Bonchev–Trinajstić information content (AvgIpc) is 2.34. The molecule has 1 atom stereocenters. The highest BCUT2D eigenvalue weighted by Gasteiger charge is 2.22. The minimum atomic E-state index is -1.03. The zero-order chi connectivity index (χ0) is 13.5. The van der Waals surface area contributed by atoms with Gasteiger partial charge >= 0.3 is 12.0 Å². The summed E-state index contributed by atoms with van der Waals surface area (Å²) in [7, 11) is 0. The van der Waals surface area contributed by atoms with Crippen LogP contribution < -0.4 is 10.6 Å². The molecule has 0 saturated carbocycles. The Bertz CT molecular complexity index is 404.